The predicted molar refractivity (Wildman–Crippen MR) is 72.6 cm³/mol. The lowest BCUT2D eigenvalue weighted by molar-refractivity contribution is -0.145. The maximum absolute atomic E-state index is 12.6. The van der Waals surface area contributed by atoms with E-state index in [0.717, 1.165) is 32.4 Å². The molecule has 2 rings (SSSR count). The van der Waals surface area contributed by atoms with Gasteiger partial charge in [0.25, 0.3) is 0 Å². The largest absolute Gasteiger partial charge is 0.392 e. The second-order valence-electron chi connectivity index (χ2n) is 5.96. The van der Waals surface area contributed by atoms with E-state index in [1.807, 2.05) is 4.90 Å². The van der Waals surface area contributed by atoms with Gasteiger partial charge < -0.3 is 10.6 Å². The van der Waals surface area contributed by atoms with Gasteiger partial charge in [0.2, 0.25) is 5.91 Å². The van der Waals surface area contributed by atoms with Crippen LogP contribution < -0.4 is 5.73 Å². The van der Waals surface area contributed by atoms with E-state index in [9.17, 15) is 4.79 Å². The van der Waals surface area contributed by atoms with Crippen LogP contribution in [0.4, 0.5) is 0 Å². The van der Waals surface area contributed by atoms with Gasteiger partial charge in [-0.1, -0.05) is 26.1 Å². The molecule has 1 atom stereocenters. The number of nitrogens with two attached hydrogens (primary N) is 1. The van der Waals surface area contributed by atoms with Gasteiger partial charge in [0.15, 0.2) is 0 Å². The minimum Gasteiger partial charge on any atom is -0.392 e. The van der Waals surface area contributed by atoms with Gasteiger partial charge in [0.05, 0.1) is 10.4 Å². The van der Waals surface area contributed by atoms with Crippen LogP contribution in [-0.2, 0) is 4.79 Å². The summed E-state index contributed by atoms with van der Waals surface area (Å²) < 4.78 is 0. The van der Waals surface area contributed by atoms with Crippen molar-refractivity contribution in [1.29, 1.82) is 0 Å². The third-order valence-corrected chi connectivity index (χ3v) is 4.61. The lowest BCUT2D eigenvalue weighted by atomic mass is 9.61. The molecule has 1 aliphatic heterocycles. The Kier molecular flexibility index (Phi) is 3.43. The van der Waals surface area contributed by atoms with Gasteiger partial charge in [-0.3, -0.25) is 4.79 Å². The lowest BCUT2D eigenvalue weighted by Crippen LogP contribution is -2.58. The summed E-state index contributed by atoms with van der Waals surface area (Å²) in [6.07, 6.45) is 4.01. The molecule has 2 fully saturated rings. The Morgan fingerprint density at radius 2 is 2.00 bits per heavy atom. The third kappa shape index (κ3) is 2.19. The Morgan fingerprint density at radius 3 is 2.47 bits per heavy atom. The topological polar surface area (TPSA) is 46.3 Å². The standard InChI is InChI=1S/C13H22N2OS/c1-9-4-3-5-15(8-9)12(16)13(11(14)17)6-10(2)7-13/h9-10H,3-8H2,1-2H3,(H2,14,17). The quantitative estimate of drug-likeness (QED) is 0.766. The molecule has 4 heteroatoms. The summed E-state index contributed by atoms with van der Waals surface area (Å²) >= 11 is 5.14. The minimum absolute atomic E-state index is 0.189. The summed E-state index contributed by atoms with van der Waals surface area (Å²) in [5.74, 6) is 1.37. The smallest absolute Gasteiger partial charge is 0.235 e. The molecule has 2 aliphatic rings. The van der Waals surface area contributed by atoms with Gasteiger partial charge in [0.1, 0.15) is 0 Å². The lowest BCUT2D eigenvalue weighted by Gasteiger charge is -2.47. The van der Waals surface area contributed by atoms with E-state index >= 15 is 0 Å². The van der Waals surface area contributed by atoms with E-state index in [2.05, 4.69) is 13.8 Å². The number of carbonyl (C=O) groups is 1. The fraction of sp³-hybridized carbons (Fsp3) is 0.846. The van der Waals surface area contributed by atoms with Crippen LogP contribution in [0.3, 0.4) is 0 Å². The average Bonchev–Trinajstić information content (AvgIpc) is 2.23. The Bertz CT molecular complexity index is 336. The van der Waals surface area contributed by atoms with Crippen LogP contribution in [0, 0.1) is 17.3 Å². The zero-order chi connectivity index (χ0) is 12.6. The predicted octanol–water partition coefficient (Wildman–Crippen LogP) is 1.95. The highest BCUT2D eigenvalue weighted by molar-refractivity contribution is 7.80. The highest BCUT2D eigenvalue weighted by Gasteiger charge is 2.52. The summed E-state index contributed by atoms with van der Waals surface area (Å²) in [6.45, 7) is 6.11. The van der Waals surface area contributed by atoms with Crippen molar-refractivity contribution >= 4 is 23.1 Å². The summed E-state index contributed by atoms with van der Waals surface area (Å²) in [5.41, 5.74) is 5.31. The maximum Gasteiger partial charge on any atom is 0.235 e. The zero-order valence-corrected chi connectivity index (χ0v) is 11.6. The van der Waals surface area contributed by atoms with E-state index < -0.39 is 5.41 Å². The highest BCUT2D eigenvalue weighted by atomic mass is 32.1. The van der Waals surface area contributed by atoms with Crippen molar-refractivity contribution in [3.63, 3.8) is 0 Å². The van der Waals surface area contributed by atoms with E-state index in [-0.39, 0.29) is 5.91 Å². The number of hydrogen-bond acceptors (Lipinski definition) is 2. The first kappa shape index (κ1) is 12.8. The van der Waals surface area contributed by atoms with Crippen LogP contribution in [-0.4, -0.2) is 28.9 Å². The second kappa shape index (κ2) is 4.56. The molecule has 3 nitrogen and oxygen atoms in total. The van der Waals surface area contributed by atoms with E-state index in [4.69, 9.17) is 18.0 Å². The molecule has 17 heavy (non-hydrogen) atoms. The number of amides is 1. The molecule has 1 heterocycles. The molecule has 1 saturated heterocycles. The zero-order valence-electron chi connectivity index (χ0n) is 10.7. The molecular weight excluding hydrogens is 232 g/mol. The average molecular weight is 254 g/mol. The maximum atomic E-state index is 12.6. The summed E-state index contributed by atoms with van der Waals surface area (Å²) in [4.78, 5) is 15.0. The van der Waals surface area contributed by atoms with Crippen LogP contribution in [0.2, 0.25) is 0 Å². The number of likely N-dealkylation sites (tertiary alicyclic amines) is 1. The number of carbonyl (C=O) groups excluding carboxylic acids is 1. The van der Waals surface area contributed by atoms with Crippen LogP contribution in [0.25, 0.3) is 0 Å². The van der Waals surface area contributed by atoms with E-state index in [1.165, 1.54) is 6.42 Å². The van der Waals surface area contributed by atoms with Crippen LogP contribution in [0.5, 0.6) is 0 Å². The number of nitrogens with zero attached hydrogens (tertiary/aromatic N) is 1. The van der Waals surface area contributed by atoms with E-state index in [0.29, 0.717) is 16.8 Å². The fourth-order valence-electron chi connectivity index (χ4n) is 3.29. The molecule has 1 amide bonds. The Hall–Kier alpha value is -0.640. The Balaban J connectivity index is 2.09. The molecule has 0 spiro atoms. The van der Waals surface area contributed by atoms with Gasteiger partial charge in [-0.2, -0.15) is 0 Å². The molecule has 1 aliphatic carbocycles. The van der Waals surface area contributed by atoms with Gasteiger partial charge in [-0.05, 0) is 37.5 Å². The van der Waals surface area contributed by atoms with E-state index in [1.54, 1.807) is 0 Å². The van der Waals surface area contributed by atoms with Crippen LogP contribution in [0.15, 0.2) is 0 Å². The number of thiocarbonyl (C=S) groups is 1. The second-order valence-corrected chi connectivity index (χ2v) is 6.40. The number of hydrogen-bond donors (Lipinski definition) is 1. The molecule has 2 N–H and O–H groups in total. The van der Waals surface area contributed by atoms with Gasteiger partial charge in [0, 0.05) is 13.1 Å². The Morgan fingerprint density at radius 1 is 1.35 bits per heavy atom. The molecular formula is C13H22N2OS. The molecule has 0 bridgehead atoms. The molecule has 1 unspecified atom stereocenters. The van der Waals surface area contributed by atoms with Crippen molar-refractivity contribution in [1.82, 2.24) is 4.90 Å². The number of rotatable bonds is 2. The molecule has 0 radical (unpaired) electrons. The van der Waals surface area contributed by atoms with Crippen LogP contribution in [0.1, 0.15) is 39.5 Å². The summed E-state index contributed by atoms with van der Waals surface area (Å²) in [6, 6.07) is 0. The molecule has 0 aromatic heterocycles. The first-order chi connectivity index (χ1) is 7.95. The van der Waals surface area contributed by atoms with Crippen molar-refractivity contribution < 1.29 is 4.79 Å². The summed E-state index contributed by atoms with van der Waals surface area (Å²) in [7, 11) is 0. The van der Waals surface area contributed by atoms with Crippen molar-refractivity contribution in [2.75, 3.05) is 13.1 Å². The molecule has 1 saturated carbocycles. The third-order valence-electron chi connectivity index (χ3n) is 4.22. The van der Waals surface area contributed by atoms with Gasteiger partial charge >= 0.3 is 0 Å². The molecule has 0 aromatic rings. The molecule has 96 valence electrons. The first-order valence-electron chi connectivity index (χ1n) is 6.55. The monoisotopic (exact) mass is 254 g/mol. The summed E-state index contributed by atoms with van der Waals surface area (Å²) in [5, 5.41) is 0. The SMILES string of the molecule is CC1CCCN(C(=O)C2(C(N)=S)CC(C)C2)C1. The van der Waals surface area contributed by atoms with Crippen molar-refractivity contribution in [2.24, 2.45) is 23.0 Å². The van der Waals surface area contributed by atoms with Crippen molar-refractivity contribution in [3.05, 3.63) is 0 Å². The first-order valence-corrected chi connectivity index (χ1v) is 6.96. The fourth-order valence-corrected chi connectivity index (χ4v) is 3.54. The Labute approximate surface area is 109 Å². The minimum atomic E-state index is -0.508. The number of piperidine rings is 1. The molecule has 0 aromatic carbocycles. The van der Waals surface area contributed by atoms with Crippen LogP contribution >= 0.6 is 12.2 Å². The van der Waals surface area contributed by atoms with Crippen molar-refractivity contribution in [3.8, 4) is 0 Å². The van der Waals surface area contributed by atoms with Gasteiger partial charge in [-0.15, -0.1) is 0 Å². The van der Waals surface area contributed by atoms with Crippen molar-refractivity contribution in [2.45, 2.75) is 39.5 Å². The highest BCUT2D eigenvalue weighted by Crippen LogP contribution is 2.47. The normalized spacial score (nSPS) is 37.4. The van der Waals surface area contributed by atoms with Gasteiger partial charge in [-0.25, -0.2) is 0 Å².